The van der Waals surface area contributed by atoms with Gasteiger partial charge in [0.15, 0.2) is 0 Å². The van der Waals surface area contributed by atoms with Gasteiger partial charge in [-0.15, -0.1) is 0 Å². The van der Waals surface area contributed by atoms with Crippen LogP contribution in [0.15, 0.2) is 59.6 Å². The Balaban J connectivity index is 2.24. The first-order chi connectivity index (χ1) is 7.90. The first-order valence-electron chi connectivity index (χ1n) is 5.12. The monoisotopic (exact) mass is 211 g/mol. The molecule has 0 unspecified atom stereocenters. The van der Waals surface area contributed by atoms with Crippen molar-refractivity contribution in [1.82, 2.24) is 0 Å². The number of hydrogen-bond donors (Lipinski definition) is 0. The number of ether oxygens (including phenoxy) is 1. The molecular formula is C14H13NO. The van der Waals surface area contributed by atoms with Crippen LogP contribution in [0.3, 0.4) is 0 Å². The Labute approximate surface area is 95.2 Å². The lowest BCUT2D eigenvalue weighted by molar-refractivity contribution is 0.414. The van der Waals surface area contributed by atoms with Gasteiger partial charge in [0, 0.05) is 11.8 Å². The first kappa shape index (κ1) is 10.4. The summed E-state index contributed by atoms with van der Waals surface area (Å²) in [6.45, 7) is 0. The zero-order valence-corrected chi connectivity index (χ0v) is 9.13. The minimum absolute atomic E-state index is 0.835. The maximum Gasteiger partial charge on any atom is 0.127 e. The fourth-order valence-electron chi connectivity index (χ4n) is 1.43. The fraction of sp³-hybridized carbons (Fsp3) is 0.0714. The molecule has 0 fully saturated rings. The van der Waals surface area contributed by atoms with Gasteiger partial charge in [0.1, 0.15) is 5.75 Å². The molecule has 0 bridgehead atoms. The molecule has 0 aliphatic carbocycles. The lowest BCUT2D eigenvalue weighted by Gasteiger charge is -2.02. The number of aliphatic imine (C=N–C) groups is 1. The molecule has 0 aliphatic rings. The van der Waals surface area contributed by atoms with E-state index in [-0.39, 0.29) is 0 Å². The van der Waals surface area contributed by atoms with Gasteiger partial charge in [-0.1, -0.05) is 30.3 Å². The Morgan fingerprint density at radius 2 is 1.62 bits per heavy atom. The minimum atomic E-state index is 0.835. The van der Waals surface area contributed by atoms with Gasteiger partial charge in [-0.3, -0.25) is 4.99 Å². The average Bonchev–Trinajstić information content (AvgIpc) is 2.38. The lowest BCUT2D eigenvalue weighted by atomic mass is 10.2. The van der Waals surface area contributed by atoms with Gasteiger partial charge in [-0.05, 0) is 24.3 Å². The second-order valence-electron chi connectivity index (χ2n) is 3.34. The number of nitrogens with zero attached hydrogens (tertiary/aromatic N) is 1. The van der Waals surface area contributed by atoms with E-state index in [0.29, 0.717) is 0 Å². The van der Waals surface area contributed by atoms with Crippen molar-refractivity contribution in [3.8, 4) is 5.75 Å². The van der Waals surface area contributed by atoms with E-state index in [9.17, 15) is 0 Å². The summed E-state index contributed by atoms with van der Waals surface area (Å²) in [7, 11) is 1.66. The molecule has 2 heteroatoms. The number of benzene rings is 2. The van der Waals surface area contributed by atoms with Gasteiger partial charge < -0.3 is 4.74 Å². The Morgan fingerprint density at radius 3 is 2.38 bits per heavy atom. The Bertz CT molecular complexity index is 477. The fourth-order valence-corrected chi connectivity index (χ4v) is 1.43. The molecule has 2 aromatic carbocycles. The van der Waals surface area contributed by atoms with Crippen LogP contribution in [0.5, 0.6) is 5.75 Å². The van der Waals surface area contributed by atoms with Crippen LogP contribution < -0.4 is 4.74 Å². The van der Waals surface area contributed by atoms with Crippen molar-refractivity contribution in [2.75, 3.05) is 7.11 Å². The molecule has 0 amide bonds. The molecule has 0 saturated carbocycles. The van der Waals surface area contributed by atoms with Gasteiger partial charge in [0.25, 0.3) is 0 Å². The highest BCUT2D eigenvalue weighted by Gasteiger charge is 1.96. The zero-order valence-electron chi connectivity index (χ0n) is 9.13. The van der Waals surface area contributed by atoms with E-state index in [1.807, 2.05) is 60.8 Å². The van der Waals surface area contributed by atoms with E-state index in [1.54, 1.807) is 7.11 Å². The van der Waals surface area contributed by atoms with Gasteiger partial charge in [0.05, 0.1) is 12.8 Å². The summed E-state index contributed by atoms with van der Waals surface area (Å²) in [5.74, 6) is 0.835. The lowest BCUT2D eigenvalue weighted by Crippen LogP contribution is -1.89. The summed E-state index contributed by atoms with van der Waals surface area (Å²) in [6, 6.07) is 17.6. The normalized spacial score (nSPS) is 10.6. The molecule has 0 heterocycles. The third-order valence-electron chi connectivity index (χ3n) is 2.25. The van der Waals surface area contributed by atoms with Gasteiger partial charge in [0.2, 0.25) is 0 Å². The maximum atomic E-state index is 5.24. The third-order valence-corrected chi connectivity index (χ3v) is 2.25. The SMILES string of the molecule is COc1ccccc1/C=N/c1ccccc1. The molecule has 0 N–H and O–H groups in total. The van der Waals surface area contributed by atoms with E-state index in [1.165, 1.54) is 0 Å². The molecule has 0 spiro atoms. The molecule has 0 atom stereocenters. The minimum Gasteiger partial charge on any atom is -0.496 e. The van der Waals surface area contributed by atoms with Crippen LogP contribution in [0, 0.1) is 0 Å². The van der Waals surface area contributed by atoms with Crippen LogP contribution in [0.1, 0.15) is 5.56 Å². The zero-order chi connectivity index (χ0) is 11.2. The van der Waals surface area contributed by atoms with E-state index in [2.05, 4.69) is 4.99 Å². The highest BCUT2D eigenvalue weighted by Crippen LogP contribution is 2.16. The predicted molar refractivity (Wildman–Crippen MR) is 66.7 cm³/mol. The topological polar surface area (TPSA) is 21.6 Å². The van der Waals surface area contributed by atoms with Crippen molar-refractivity contribution in [1.29, 1.82) is 0 Å². The first-order valence-corrected chi connectivity index (χ1v) is 5.12. The Morgan fingerprint density at radius 1 is 0.938 bits per heavy atom. The van der Waals surface area contributed by atoms with Crippen molar-refractivity contribution < 1.29 is 4.74 Å². The van der Waals surface area contributed by atoms with Crippen molar-refractivity contribution in [3.63, 3.8) is 0 Å². The second-order valence-corrected chi connectivity index (χ2v) is 3.34. The number of methoxy groups -OCH3 is 1. The molecular weight excluding hydrogens is 198 g/mol. The number of para-hydroxylation sites is 2. The van der Waals surface area contributed by atoms with E-state index >= 15 is 0 Å². The maximum absolute atomic E-state index is 5.24. The van der Waals surface area contributed by atoms with Gasteiger partial charge >= 0.3 is 0 Å². The smallest absolute Gasteiger partial charge is 0.127 e. The third kappa shape index (κ3) is 2.48. The van der Waals surface area contributed by atoms with E-state index < -0.39 is 0 Å². The molecule has 2 aromatic rings. The molecule has 80 valence electrons. The Kier molecular flexibility index (Phi) is 3.34. The van der Waals surface area contributed by atoms with Crippen molar-refractivity contribution in [3.05, 3.63) is 60.2 Å². The van der Waals surface area contributed by atoms with Crippen LogP contribution in [-0.4, -0.2) is 13.3 Å². The second kappa shape index (κ2) is 5.12. The van der Waals surface area contributed by atoms with Crippen LogP contribution in [-0.2, 0) is 0 Å². The summed E-state index contributed by atoms with van der Waals surface area (Å²) in [5.41, 5.74) is 1.92. The van der Waals surface area contributed by atoms with Crippen molar-refractivity contribution in [2.45, 2.75) is 0 Å². The number of rotatable bonds is 3. The quantitative estimate of drug-likeness (QED) is 0.712. The van der Waals surface area contributed by atoms with Crippen molar-refractivity contribution >= 4 is 11.9 Å². The van der Waals surface area contributed by atoms with Crippen LogP contribution in [0.25, 0.3) is 0 Å². The molecule has 0 aliphatic heterocycles. The number of hydrogen-bond acceptors (Lipinski definition) is 2. The Hall–Kier alpha value is -2.09. The summed E-state index contributed by atoms with van der Waals surface area (Å²) < 4.78 is 5.24. The molecule has 2 rings (SSSR count). The summed E-state index contributed by atoms with van der Waals surface area (Å²) >= 11 is 0. The van der Waals surface area contributed by atoms with Gasteiger partial charge in [-0.2, -0.15) is 0 Å². The predicted octanol–water partition coefficient (Wildman–Crippen LogP) is 3.45. The molecule has 2 nitrogen and oxygen atoms in total. The van der Waals surface area contributed by atoms with E-state index in [4.69, 9.17) is 4.74 Å². The largest absolute Gasteiger partial charge is 0.496 e. The standard InChI is InChI=1S/C14H13NO/c1-16-14-10-6-5-7-12(14)11-15-13-8-3-2-4-9-13/h2-11H,1H3/b15-11+. The van der Waals surface area contributed by atoms with Crippen LogP contribution >= 0.6 is 0 Å². The van der Waals surface area contributed by atoms with Crippen molar-refractivity contribution in [2.24, 2.45) is 4.99 Å². The molecule has 0 saturated heterocycles. The van der Waals surface area contributed by atoms with Crippen LogP contribution in [0.2, 0.25) is 0 Å². The molecule has 0 radical (unpaired) electrons. The summed E-state index contributed by atoms with van der Waals surface area (Å²) in [5, 5.41) is 0. The van der Waals surface area contributed by atoms with Crippen LogP contribution in [0.4, 0.5) is 5.69 Å². The molecule has 0 aromatic heterocycles. The van der Waals surface area contributed by atoms with E-state index in [0.717, 1.165) is 17.0 Å². The summed E-state index contributed by atoms with van der Waals surface area (Å²) in [6.07, 6.45) is 1.81. The molecule has 16 heavy (non-hydrogen) atoms. The average molecular weight is 211 g/mol. The highest BCUT2D eigenvalue weighted by atomic mass is 16.5. The summed E-state index contributed by atoms with van der Waals surface area (Å²) in [4.78, 5) is 4.38. The van der Waals surface area contributed by atoms with Gasteiger partial charge in [-0.25, -0.2) is 0 Å². The highest BCUT2D eigenvalue weighted by molar-refractivity contribution is 5.85.